The molecule has 0 saturated carbocycles. The van der Waals surface area contributed by atoms with Gasteiger partial charge in [0.1, 0.15) is 11.4 Å². The molecule has 9 heteroatoms. The lowest BCUT2D eigenvalue weighted by molar-refractivity contribution is 0.196. The molecule has 1 aromatic carbocycles. The largest absolute Gasteiger partial charge is 0.494 e. The van der Waals surface area contributed by atoms with E-state index >= 15 is 0 Å². The van der Waals surface area contributed by atoms with Crippen molar-refractivity contribution >= 4 is 11.7 Å². The summed E-state index contributed by atoms with van der Waals surface area (Å²) in [5, 5.41) is 17.5. The van der Waals surface area contributed by atoms with Gasteiger partial charge < -0.3 is 20.3 Å². The van der Waals surface area contributed by atoms with Gasteiger partial charge in [-0.1, -0.05) is 6.92 Å². The van der Waals surface area contributed by atoms with Crippen molar-refractivity contribution in [3.63, 3.8) is 0 Å². The molecule has 1 fully saturated rings. The molecule has 27 heavy (non-hydrogen) atoms. The third kappa shape index (κ3) is 4.73. The van der Waals surface area contributed by atoms with Crippen LogP contribution in [-0.2, 0) is 0 Å². The van der Waals surface area contributed by atoms with Crippen molar-refractivity contribution in [1.82, 2.24) is 30.4 Å². The molecule has 2 N–H and O–H groups in total. The number of aryl methyl sites for hydroxylation is 1. The highest BCUT2D eigenvalue weighted by Crippen LogP contribution is 2.26. The van der Waals surface area contributed by atoms with Gasteiger partial charge in [0.2, 0.25) is 0 Å². The highest BCUT2D eigenvalue weighted by molar-refractivity contribution is 5.90. The molecule has 0 unspecified atom stereocenters. The third-order valence-electron chi connectivity index (χ3n) is 4.75. The highest BCUT2D eigenvalue weighted by Gasteiger charge is 2.20. The Bertz CT molecular complexity index is 769. The minimum absolute atomic E-state index is 0.200. The Morgan fingerprint density at radius 2 is 2.11 bits per heavy atom. The summed E-state index contributed by atoms with van der Waals surface area (Å²) in [4.78, 5) is 14.8. The molecule has 0 atom stereocenters. The zero-order valence-corrected chi connectivity index (χ0v) is 16.1. The number of urea groups is 1. The van der Waals surface area contributed by atoms with Crippen LogP contribution in [0, 0.1) is 6.92 Å². The Morgan fingerprint density at radius 1 is 1.33 bits per heavy atom. The maximum atomic E-state index is 12.4. The van der Waals surface area contributed by atoms with Crippen molar-refractivity contribution < 1.29 is 9.53 Å². The van der Waals surface area contributed by atoms with E-state index in [4.69, 9.17) is 4.74 Å². The number of amides is 2. The van der Waals surface area contributed by atoms with E-state index in [9.17, 15) is 4.79 Å². The minimum Gasteiger partial charge on any atom is -0.494 e. The van der Waals surface area contributed by atoms with Gasteiger partial charge in [-0.05, 0) is 61.4 Å². The van der Waals surface area contributed by atoms with Crippen molar-refractivity contribution in [2.45, 2.75) is 39.2 Å². The van der Waals surface area contributed by atoms with Crippen LogP contribution >= 0.6 is 0 Å². The molecular formula is C18H27N7O2. The zero-order valence-electron chi connectivity index (χ0n) is 16.1. The number of carbonyl (C=O) groups excluding carboxylic acids is 1. The van der Waals surface area contributed by atoms with E-state index in [0.29, 0.717) is 22.9 Å². The molecular weight excluding hydrogens is 346 g/mol. The van der Waals surface area contributed by atoms with E-state index in [-0.39, 0.29) is 12.1 Å². The number of ether oxygens (including phenoxy) is 1. The van der Waals surface area contributed by atoms with E-state index < -0.39 is 0 Å². The van der Waals surface area contributed by atoms with E-state index in [0.717, 1.165) is 32.5 Å². The van der Waals surface area contributed by atoms with E-state index in [1.54, 1.807) is 36.9 Å². The van der Waals surface area contributed by atoms with Crippen LogP contribution in [0.4, 0.5) is 10.5 Å². The number of piperidine rings is 1. The number of likely N-dealkylation sites (tertiary alicyclic amines) is 1. The molecule has 1 aliphatic heterocycles. The number of anilines is 1. The Hall–Kier alpha value is -2.68. The van der Waals surface area contributed by atoms with Gasteiger partial charge in [0.15, 0.2) is 5.82 Å². The number of aromatic nitrogens is 4. The number of benzene rings is 1. The molecule has 2 heterocycles. The number of tetrazole rings is 1. The Morgan fingerprint density at radius 3 is 2.74 bits per heavy atom. The number of rotatable bonds is 6. The van der Waals surface area contributed by atoms with Crippen molar-refractivity contribution in [3.8, 4) is 11.4 Å². The summed E-state index contributed by atoms with van der Waals surface area (Å²) in [5.74, 6) is 1.26. The fourth-order valence-electron chi connectivity index (χ4n) is 3.36. The Kier molecular flexibility index (Phi) is 6.23. The van der Waals surface area contributed by atoms with Crippen molar-refractivity contribution in [1.29, 1.82) is 0 Å². The standard InChI is InChI=1S/C18H27N7O2/c1-4-9-24-10-7-14(8-11-24)19-18(26)20-15-5-6-17(27-3)16(12-15)25-13(2)21-22-23-25/h5-6,12,14H,4,7-11H2,1-3H3,(H2,19,20,26). The van der Waals surface area contributed by atoms with Gasteiger partial charge >= 0.3 is 6.03 Å². The summed E-state index contributed by atoms with van der Waals surface area (Å²) in [6, 6.07) is 5.39. The van der Waals surface area contributed by atoms with Gasteiger partial charge in [-0.2, -0.15) is 4.68 Å². The molecule has 1 aromatic heterocycles. The average molecular weight is 373 g/mol. The quantitative estimate of drug-likeness (QED) is 0.804. The predicted molar refractivity (Wildman–Crippen MR) is 102 cm³/mol. The van der Waals surface area contributed by atoms with Crippen molar-refractivity contribution in [2.75, 3.05) is 32.1 Å². The number of carbonyl (C=O) groups is 1. The van der Waals surface area contributed by atoms with Crippen LogP contribution in [0.1, 0.15) is 32.0 Å². The topological polar surface area (TPSA) is 97.2 Å². The molecule has 1 aliphatic rings. The monoisotopic (exact) mass is 373 g/mol. The zero-order chi connectivity index (χ0) is 19.2. The van der Waals surface area contributed by atoms with Crippen molar-refractivity contribution in [3.05, 3.63) is 24.0 Å². The molecule has 1 saturated heterocycles. The fraction of sp³-hybridized carbons (Fsp3) is 0.556. The molecule has 0 bridgehead atoms. The number of methoxy groups -OCH3 is 1. The van der Waals surface area contributed by atoms with Gasteiger partial charge in [-0.15, -0.1) is 5.10 Å². The number of hydrogen-bond acceptors (Lipinski definition) is 6. The number of hydrogen-bond donors (Lipinski definition) is 2. The fourth-order valence-corrected chi connectivity index (χ4v) is 3.36. The number of nitrogens with one attached hydrogen (secondary N) is 2. The molecule has 2 aromatic rings. The third-order valence-corrected chi connectivity index (χ3v) is 4.75. The second-order valence-electron chi connectivity index (χ2n) is 6.74. The second-order valence-corrected chi connectivity index (χ2v) is 6.74. The van der Waals surface area contributed by atoms with Crippen LogP contribution in [-0.4, -0.2) is 63.9 Å². The van der Waals surface area contributed by atoms with E-state index in [1.807, 2.05) is 0 Å². The average Bonchev–Trinajstić information content (AvgIpc) is 3.09. The lowest BCUT2D eigenvalue weighted by Crippen LogP contribution is -2.46. The normalized spacial score (nSPS) is 15.5. The molecule has 3 rings (SSSR count). The molecule has 0 spiro atoms. The van der Waals surface area contributed by atoms with Crippen LogP contribution in [0.3, 0.4) is 0 Å². The van der Waals surface area contributed by atoms with Crippen LogP contribution in [0.25, 0.3) is 5.69 Å². The minimum atomic E-state index is -0.200. The summed E-state index contributed by atoms with van der Waals surface area (Å²) in [5.41, 5.74) is 1.33. The summed E-state index contributed by atoms with van der Waals surface area (Å²) in [6.07, 6.45) is 3.12. The molecule has 0 radical (unpaired) electrons. The first-order valence-corrected chi connectivity index (χ1v) is 9.34. The van der Waals surface area contributed by atoms with Crippen LogP contribution < -0.4 is 15.4 Å². The van der Waals surface area contributed by atoms with Gasteiger partial charge in [-0.25, -0.2) is 4.79 Å². The maximum Gasteiger partial charge on any atom is 0.319 e. The maximum absolute atomic E-state index is 12.4. The van der Waals surface area contributed by atoms with Crippen LogP contribution in [0.2, 0.25) is 0 Å². The lowest BCUT2D eigenvalue weighted by Gasteiger charge is -2.32. The van der Waals surface area contributed by atoms with Crippen molar-refractivity contribution in [2.24, 2.45) is 0 Å². The summed E-state index contributed by atoms with van der Waals surface area (Å²) >= 11 is 0. The highest BCUT2D eigenvalue weighted by atomic mass is 16.5. The molecule has 146 valence electrons. The van der Waals surface area contributed by atoms with Gasteiger partial charge in [-0.3, -0.25) is 0 Å². The summed E-state index contributed by atoms with van der Waals surface area (Å²) < 4.78 is 6.96. The van der Waals surface area contributed by atoms with Crippen LogP contribution in [0.15, 0.2) is 18.2 Å². The molecule has 0 aliphatic carbocycles. The summed E-state index contributed by atoms with van der Waals surface area (Å²) in [6.45, 7) is 7.19. The summed E-state index contributed by atoms with van der Waals surface area (Å²) in [7, 11) is 1.59. The van der Waals surface area contributed by atoms with Gasteiger partial charge in [0.05, 0.1) is 7.11 Å². The first kappa shape index (κ1) is 19.1. The number of nitrogens with zero attached hydrogens (tertiary/aromatic N) is 5. The molecule has 9 nitrogen and oxygen atoms in total. The second kappa shape index (κ2) is 8.81. The Labute approximate surface area is 159 Å². The van der Waals surface area contributed by atoms with Gasteiger partial charge in [0.25, 0.3) is 0 Å². The molecule has 2 amide bonds. The van der Waals surface area contributed by atoms with E-state index in [2.05, 4.69) is 38.0 Å². The predicted octanol–water partition coefficient (Wildman–Crippen LogP) is 1.98. The SMILES string of the molecule is CCCN1CCC(NC(=O)Nc2ccc(OC)c(-n3nnnc3C)c2)CC1. The first-order valence-electron chi connectivity index (χ1n) is 9.34. The smallest absolute Gasteiger partial charge is 0.319 e. The van der Waals surface area contributed by atoms with Gasteiger partial charge in [0, 0.05) is 24.8 Å². The van der Waals surface area contributed by atoms with Crippen LogP contribution in [0.5, 0.6) is 5.75 Å². The van der Waals surface area contributed by atoms with E-state index in [1.165, 1.54) is 6.42 Å². The lowest BCUT2D eigenvalue weighted by atomic mass is 10.1. The Balaban J connectivity index is 1.62. The first-order chi connectivity index (χ1) is 13.1.